The zero-order chi connectivity index (χ0) is 22.8. The minimum absolute atomic E-state index is 0.0582. The van der Waals surface area contributed by atoms with Gasteiger partial charge in [0.1, 0.15) is 5.69 Å². The first kappa shape index (κ1) is 21.9. The summed E-state index contributed by atoms with van der Waals surface area (Å²) in [5.41, 5.74) is 4.87. The first-order chi connectivity index (χ1) is 15.3. The molecule has 32 heavy (non-hydrogen) atoms. The van der Waals surface area contributed by atoms with Gasteiger partial charge in [-0.2, -0.15) is 0 Å². The maximum Gasteiger partial charge on any atom is 0.293 e. The van der Waals surface area contributed by atoms with E-state index in [4.69, 9.17) is 0 Å². The lowest BCUT2D eigenvalue weighted by atomic mass is 10.1. The van der Waals surface area contributed by atoms with Crippen LogP contribution in [0.3, 0.4) is 0 Å². The van der Waals surface area contributed by atoms with Gasteiger partial charge in [-0.15, -0.1) is 11.3 Å². The molecule has 0 bridgehead atoms. The fourth-order valence-electron chi connectivity index (χ4n) is 3.66. The molecule has 3 aromatic rings. The summed E-state index contributed by atoms with van der Waals surface area (Å²) in [5, 5.41) is 16.8. The molecule has 4 rings (SSSR count). The predicted octanol–water partition coefficient (Wildman–Crippen LogP) is 4.34. The number of nitrogens with zero attached hydrogens (tertiary/aromatic N) is 4. The van der Waals surface area contributed by atoms with E-state index in [1.54, 1.807) is 12.1 Å². The van der Waals surface area contributed by atoms with Gasteiger partial charge in [-0.1, -0.05) is 12.1 Å². The van der Waals surface area contributed by atoms with Crippen molar-refractivity contribution in [3.8, 4) is 11.3 Å². The number of nitrogens with one attached hydrogen (secondary N) is 1. The first-order valence-corrected chi connectivity index (χ1v) is 11.3. The molecule has 1 aliphatic rings. The van der Waals surface area contributed by atoms with Gasteiger partial charge in [0, 0.05) is 48.8 Å². The van der Waals surface area contributed by atoms with Gasteiger partial charge in [0.15, 0.2) is 5.13 Å². The number of carbonyl (C=O) groups excluding carboxylic acids is 1. The van der Waals surface area contributed by atoms with Crippen LogP contribution in [0.5, 0.6) is 0 Å². The van der Waals surface area contributed by atoms with Crippen LogP contribution >= 0.6 is 11.3 Å². The number of carbonyl (C=O) groups is 1. The molecule has 1 saturated heterocycles. The molecular formula is C23H25N5O3S. The third-order valence-corrected chi connectivity index (χ3v) is 6.56. The molecule has 1 N–H and O–H groups in total. The second-order valence-corrected chi connectivity index (χ2v) is 8.90. The molecule has 0 spiro atoms. The molecule has 0 atom stereocenters. The number of thiazole rings is 1. The Balaban J connectivity index is 1.52. The second-order valence-electron chi connectivity index (χ2n) is 8.04. The van der Waals surface area contributed by atoms with Crippen molar-refractivity contribution >= 4 is 33.8 Å². The molecule has 1 aliphatic heterocycles. The maximum absolute atomic E-state index is 12.8. The third-order valence-electron chi connectivity index (χ3n) is 5.81. The highest BCUT2D eigenvalue weighted by Crippen LogP contribution is 2.31. The second kappa shape index (κ2) is 9.05. The number of likely N-dealkylation sites (N-methyl/N-ethyl adjacent to an activating group) is 1. The average Bonchev–Trinajstić information content (AvgIpc) is 3.24. The summed E-state index contributed by atoms with van der Waals surface area (Å²) >= 11 is 1.32. The number of piperazine rings is 1. The monoisotopic (exact) mass is 451 g/mol. The van der Waals surface area contributed by atoms with E-state index in [1.807, 2.05) is 36.4 Å². The van der Waals surface area contributed by atoms with Crippen LogP contribution in [0.1, 0.15) is 21.5 Å². The van der Waals surface area contributed by atoms with Crippen LogP contribution in [0.25, 0.3) is 11.3 Å². The number of aromatic nitrogens is 1. The van der Waals surface area contributed by atoms with E-state index in [9.17, 15) is 14.9 Å². The quantitative estimate of drug-likeness (QED) is 0.458. The number of rotatable bonds is 5. The van der Waals surface area contributed by atoms with Gasteiger partial charge >= 0.3 is 0 Å². The van der Waals surface area contributed by atoms with E-state index in [0.29, 0.717) is 23.9 Å². The number of benzene rings is 2. The molecule has 0 unspecified atom stereocenters. The van der Waals surface area contributed by atoms with Crippen molar-refractivity contribution < 1.29 is 9.72 Å². The highest BCUT2D eigenvalue weighted by Gasteiger charge is 2.24. The molecule has 9 heteroatoms. The fraction of sp³-hybridized carbons (Fsp3) is 0.304. The van der Waals surface area contributed by atoms with Crippen molar-refractivity contribution in [3.63, 3.8) is 0 Å². The number of nitro groups is 1. The van der Waals surface area contributed by atoms with Crippen LogP contribution in [-0.2, 0) is 0 Å². The van der Waals surface area contributed by atoms with Crippen LogP contribution in [-0.4, -0.2) is 53.9 Å². The Morgan fingerprint density at radius 1 is 1.09 bits per heavy atom. The van der Waals surface area contributed by atoms with E-state index in [-0.39, 0.29) is 11.3 Å². The summed E-state index contributed by atoms with van der Waals surface area (Å²) in [5.74, 6) is -0.418. The summed E-state index contributed by atoms with van der Waals surface area (Å²) in [7, 11) is 2.03. The van der Waals surface area contributed by atoms with E-state index in [1.165, 1.54) is 28.5 Å². The molecule has 166 valence electrons. The van der Waals surface area contributed by atoms with E-state index < -0.39 is 10.8 Å². The van der Waals surface area contributed by atoms with Gasteiger partial charge in [-0.25, -0.2) is 4.98 Å². The van der Waals surface area contributed by atoms with E-state index >= 15 is 0 Å². The van der Waals surface area contributed by atoms with Crippen LogP contribution in [0.4, 0.5) is 16.5 Å². The molecule has 8 nitrogen and oxygen atoms in total. The van der Waals surface area contributed by atoms with Crippen molar-refractivity contribution in [2.75, 3.05) is 43.4 Å². The number of nitro benzene ring substituents is 1. The Morgan fingerprint density at radius 2 is 1.84 bits per heavy atom. The van der Waals surface area contributed by atoms with Crippen molar-refractivity contribution in [3.05, 3.63) is 68.6 Å². The molecule has 2 aromatic carbocycles. The summed E-state index contributed by atoms with van der Waals surface area (Å²) in [6, 6.07) is 10.8. The Bertz CT molecular complexity index is 1170. The smallest absolute Gasteiger partial charge is 0.293 e. The predicted molar refractivity (Wildman–Crippen MR) is 128 cm³/mol. The first-order valence-electron chi connectivity index (χ1n) is 10.4. The molecule has 0 saturated carbocycles. The topological polar surface area (TPSA) is 91.6 Å². The van der Waals surface area contributed by atoms with Gasteiger partial charge in [-0.3, -0.25) is 20.2 Å². The minimum atomic E-state index is -0.425. The number of anilines is 2. The minimum Gasteiger partial charge on any atom is -0.363 e. The Morgan fingerprint density at radius 3 is 2.53 bits per heavy atom. The lowest BCUT2D eigenvalue weighted by Crippen LogP contribution is -2.44. The number of hydrogen-bond acceptors (Lipinski definition) is 7. The zero-order valence-corrected chi connectivity index (χ0v) is 19.1. The summed E-state index contributed by atoms with van der Waals surface area (Å²) in [4.78, 5) is 32.7. The van der Waals surface area contributed by atoms with Gasteiger partial charge in [0.2, 0.25) is 0 Å². The molecule has 1 amide bonds. The molecule has 0 aliphatic carbocycles. The number of aryl methyl sites for hydroxylation is 2. The lowest BCUT2D eigenvalue weighted by Gasteiger charge is -2.33. The SMILES string of the molecule is Cc1ccc(-c2csc(NC(=O)c3ccc(N4CCN(C)CC4)c([N+](=O)[O-])c3)n2)cc1C. The Hall–Kier alpha value is -3.30. The van der Waals surface area contributed by atoms with Crippen LogP contribution < -0.4 is 10.2 Å². The Kier molecular flexibility index (Phi) is 6.20. The van der Waals surface area contributed by atoms with Gasteiger partial charge in [0.05, 0.1) is 10.6 Å². The third kappa shape index (κ3) is 4.63. The van der Waals surface area contributed by atoms with Crippen molar-refractivity contribution in [2.45, 2.75) is 13.8 Å². The summed E-state index contributed by atoms with van der Waals surface area (Å²) in [6.07, 6.45) is 0. The molecule has 0 radical (unpaired) electrons. The largest absolute Gasteiger partial charge is 0.363 e. The molecule has 1 aromatic heterocycles. The Labute approximate surface area is 190 Å². The van der Waals surface area contributed by atoms with Crippen LogP contribution in [0, 0.1) is 24.0 Å². The van der Waals surface area contributed by atoms with Crippen molar-refractivity contribution in [1.29, 1.82) is 0 Å². The van der Waals surface area contributed by atoms with Crippen molar-refractivity contribution in [1.82, 2.24) is 9.88 Å². The highest BCUT2D eigenvalue weighted by atomic mass is 32.1. The standard InChI is InChI=1S/C23H25N5O3S/c1-15-4-5-17(12-16(15)2)19-14-32-23(24-19)25-22(29)18-6-7-20(21(13-18)28(30)31)27-10-8-26(3)9-11-27/h4-7,12-14H,8-11H2,1-3H3,(H,24,25,29). The maximum atomic E-state index is 12.8. The average molecular weight is 452 g/mol. The lowest BCUT2D eigenvalue weighted by molar-refractivity contribution is -0.384. The molecule has 2 heterocycles. The number of amides is 1. The fourth-order valence-corrected chi connectivity index (χ4v) is 4.37. The van der Waals surface area contributed by atoms with Crippen molar-refractivity contribution in [2.24, 2.45) is 0 Å². The highest BCUT2D eigenvalue weighted by molar-refractivity contribution is 7.14. The van der Waals surface area contributed by atoms with Gasteiger partial charge in [-0.05, 0) is 50.2 Å². The van der Waals surface area contributed by atoms with E-state index in [2.05, 4.69) is 28.2 Å². The van der Waals surface area contributed by atoms with Crippen LogP contribution in [0.15, 0.2) is 41.8 Å². The summed E-state index contributed by atoms with van der Waals surface area (Å²) < 4.78 is 0. The number of hydrogen-bond donors (Lipinski definition) is 1. The molecular weight excluding hydrogens is 426 g/mol. The van der Waals surface area contributed by atoms with Crippen LogP contribution in [0.2, 0.25) is 0 Å². The van der Waals surface area contributed by atoms with Gasteiger partial charge < -0.3 is 9.80 Å². The molecule has 1 fully saturated rings. The van der Waals surface area contributed by atoms with E-state index in [0.717, 1.165) is 24.3 Å². The normalized spacial score (nSPS) is 14.4. The van der Waals surface area contributed by atoms with Gasteiger partial charge in [0.25, 0.3) is 11.6 Å². The summed E-state index contributed by atoms with van der Waals surface area (Å²) in [6.45, 7) is 7.21. The zero-order valence-electron chi connectivity index (χ0n) is 18.3.